The Morgan fingerprint density at radius 3 is 2.92 bits per heavy atom. The molecule has 2 heterocycles. The fourth-order valence-electron chi connectivity index (χ4n) is 4.00. The van der Waals surface area contributed by atoms with Gasteiger partial charge in [0.15, 0.2) is 0 Å². The van der Waals surface area contributed by atoms with Crippen LogP contribution in [0.3, 0.4) is 0 Å². The number of hydrogen-bond donors (Lipinski definition) is 2. The molecule has 1 fully saturated rings. The monoisotopic (exact) mass is 347 g/mol. The van der Waals surface area contributed by atoms with E-state index in [1.807, 2.05) is 18.3 Å². The average Bonchev–Trinajstić information content (AvgIpc) is 3.12. The molecule has 1 atom stereocenters. The molecule has 4 nitrogen and oxygen atoms in total. The maximum absolute atomic E-state index is 9.70. The van der Waals surface area contributed by atoms with Crippen LogP contribution in [0.1, 0.15) is 35.6 Å². The number of rotatable bonds is 4. The molecular formula is C22H25N3O. The summed E-state index contributed by atoms with van der Waals surface area (Å²) in [6.07, 6.45) is 4.31. The summed E-state index contributed by atoms with van der Waals surface area (Å²) in [4.78, 5) is 2.48. The van der Waals surface area contributed by atoms with Gasteiger partial charge < -0.3 is 5.11 Å². The Hall–Kier alpha value is -2.59. The zero-order chi connectivity index (χ0) is 17.9. The second-order valence-electron chi connectivity index (χ2n) is 7.31. The smallest absolute Gasteiger partial charge is 0.115 e. The minimum atomic E-state index is 0.339. The Balaban J connectivity index is 1.53. The number of nitrogens with one attached hydrogen (secondary N) is 1. The summed E-state index contributed by atoms with van der Waals surface area (Å²) in [5.41, 5.74) is 6.13. The highest BCUT2D eigenvalue weighted by atomic mass is 16.3. The number of phenolic OH excluding ortho intramolecular Hbond substituents is 1. The molecule has 0 bridgehead atoms. The van der Waals surface area contributed by atoms with E-state index in [1.165, 1.54) is 35.2 Å². The van der Waals surface area contributed by atoms with Gasteiger partial charge >= 0.3 is 0 Å². The van der Waals surface area contributed by atoms with Crippen LogP contribution >= 0.6 is 0 Å². The van der Waals surface area contributed by atoms with Gasteiger partial charge in [-0.2, -0.15) is 5.10 Å². The summed E-state index contributed by atoms with van der Waals surface area (Å²) in [5.74, 6) is 0.797. The van der Waals surface area contributed by atoms with Gasteiger partial charge in [-0.1, -0.05) is 42.0 Å². The molecule has 1 aliphatic rings. The molecule has 0 amide bonds. The van der Waals surface area contributed by atoms with E-state index in [4.69, 9.17) is 0 Å². The molecule has 4 heteroatoms. The highest BCUT2D eigenvalue weighted by Crippen LogP contribution is 2.33. The van der Waals surface area contributed by atoms with E-state index in [9.17, 15) is 5.11 Å². The predicted octanol–water partition coefficient (Wildman–Crippen LogP) is 4.47. The van der Waals surface area contributed by atoms with Gasteiger partial charge in [0.2, 0.25) is 0 Å². The van der Waals surface area contributed by atoms with Crippen LogP contribution in [-0.2, 0) is 6.54 Å². The number of aryl methyl sites for hydroxylation is 1. The van der Waals surface area contributed by atoms with Crippen molar-refractivity contribution in [2.24, 2.45) is 0 Å². The van der Waals surface area contributed by atoms with Crippen molar-refractivity contribution in [3.05, 3.63) is 71.5 Å². The van der Waals surface area contributed by atoms with Crippen LogP contribution in [0.25, 0.3) is 11.1 Å². The maximum atomic E-state index is 9.70. The first-order valence-electron chi connectivity index (χ1n) is 9.29. The minimum absolute atomic E-state index is 0.339. The van der Waals surface area contributed by atoms with E-state index in [1.54, 1.807) is 6.07 Å². The molecule has 2 N–H and O–H groups in total. The van der Waals surface area contributed by atoms with Crippen molar-refractivity contribution in [3.63, 3.8) is 0 Å². The summed E-state index contributed by atoms with van der Waals surface area (Å²) >= 11 is 0. The summed E-state index contributed by atoms with van der Waals surface area (Å²) in [7, 11) is 0. The summed E-state index contributed by atoms with van der Waals surface area (Å²) in [6, 6.07) is 16.2. The number of nitrogens with zero attached hydrogens (tertiary/aromatic N) is 2. The van der Waals surface area contributed by atoms with Crippen molar-refractivity contribution >= 4 is 0 Å². The van der Waals surface area contributed by atoms with Crippen LogP contribution < -0.4 is 0 Å². The maximum Gasteiger partial charge on any atom is 0.115 e. The van der Waals surface area contributed by atoms with Crippen molar-refractivity contribution in [1.29, 1.82) is 0 Å². The van der Waals surface area contributed by atoms with Crippen molar-refractivity contribution in [2.75, 3.05) is 13.1 Å². The number of likely N-dealkylation sites (tertiary alicyclic amines) is 1. The zero-order valence-electron chi connectivity index (χ0n) is 15.2. The molecule has 1 aliphatic heterocycles. The second-order valence-corrected chi connectivity index (χ2v) is 7.31. The van der Waals surface area contributed by atoms with Crippen LogP contribution in [0, 0.1) is 6.92 Å². The van der Waals surface area contributed by atoms with Crippen LogP contribution in [0.2, 0.25) is 0 Å². The Labute approximate surface area is 154 Å². The standard InChI is InChI=1S/C22H25N3O/c1-16-5-2-7-18(11-16)21-13-23-24-22(21)19-8-4-10-25(15-19)14-17-6-3-9-20(26)12-17/h2-3,5-7,9,11-13,19,26H,4,8,10,14-15H2,1H3,(H,23,24)/t19-/m1/s1. The largest absolute Gasteiger partial charge is 0.508 e. The van der Waals surface area contributed by atoms with Gasteiger partial charge in [0.25, 0.3) is 0 Å². The van der Waals surface area contributed by atoms with E-state index in [0.29, 0.717) is 11.7 Å². The topological polar surface area (TPSA) is 52.2 Å². The predicted molar refractivity (Wildman–Crippen MR) is 104 cm³/mol. The van der Waals surface area contributed by atoms with Crippen LogP contribution in [0.4, 0.5) is 0 Å². The van der Waals surface area contributed by atoms with E-state index in [0.717, 1.165) is 25.2 Å². The molecule has 0 spiro atoms. The first-order chi connectivity index (χ1) is 12.7. The SMILES string of the molecule is Cc1cccc(-c2cn[nH]c2[C@@H]2CCCN(Cc3cccc(O)c3)C2)c1. The minimum Gasteiger partial charge on any atom is -0.508 e. The lowest BCUT2D eigenvalue weighted by molar-refractivity contribution is 0.198. The lowest BCUT2D eigenvalue weighted by Crippen LogP contribution is -2.34. The quantitative estimate of drug-likeness (QED) is 0.732. The van der Waals surface area contributed by atoms with Crippen molar-refractivity contribution in [2.45, 2.75) is 32.2 Å². The fourth-order valence-corrected chi connectivity index (χ4v) is 4.00. The van der Waals surface area contributed by atoms with Gasteiger partial charge in [0.05, 0.1) is 6.20 Å². The van der Waals surface area contributed by atoms with Crippen molar-refractivity contribution in [1.82, 2.24) is 15.1 Å². The van der Waals surface area contributed by atoms with Gasteiger partial charge in [-0.25, -0.2) is 0 Å². The number of aromatic amines is 1. The van der Waals surface area contributed by atoms with Crippen LogP contribution in [-0.4, -0.2) is 33.3 Å². The molecule has 1 saturated heterocycles. The third-order valence-corrected chi connectivity index (χ3v) is 5.23. The number of benzene rings is 2. The molecular weight excluding hydrogens is 322 g/mol. The van der Waals surface area contributed by atoms with E-state index < -0.39 is 0 Å². The van der Waals surface area contributed by atoms with Crippen molar-refractivity contribution < 1.29 is 5.11 Å². The summed E-state index contributed by atoms with van der Waals surface area (Å²) in [5, 5.41) is 17.3. The molecule has 2 aromatic carbocycles. The van der Waals surface area contributed by atoms with Gasteiger partial charge in [0, 0.05) is 30.3 Å². The molecule has 4 rings (SSSR count). The molecule has 0 unspecified atom stereocenters. The lowest BCUT2D eigenvalue weighted by atomic mass is 9.90. The number of H-pyrrole nitrogens is 1. The van der Waals surface area contributed by atoms with Gasteiger partial charge in [-0.05, 0) is 49.6 Å². The Morgan fingerprint density at radius 2 is 2.08 bits per heavy atom. The first kappa shape index (κ1) is 16.9. The highest BCUT2D eigenvalue weighted by Gasteiger charge is 2.25. The Morgan fingerprint density at radius 1 is 1.19 bits per heavy atom. The number of phenols is 1. The molecule has 134 valence electrons. The third-order valence-electron chi connectivity index (χ3n) is 5.23. The average molecular weight is 347 g/mol. The van der Waals surface area contributed by atoms with E-state index >= 15 is 0 Å². The first-order valence-corrected chi connectivity index (χ1v) is 9.29. The second kappa shape index (κ2) is 7.34. The van der Waals surface area contributed by atoms with Gasteiger partial charge in [0.1, 0.15) is 5.75 Å². The Bertz CT molecular complexity index is 886. The number of piperidine rings is 1. The van der Waals surface area contributed by atoms with Gasteiger partial charge in [-0.15, -0.1) is 0 Å². The number of aromatic hydroxyl groups is 1. The van der Waals surface area contributed by atoms with Crippen LogP contribution in [0.5, 0.6) is 5.75 Å². The van der Waals surface area contributed by atoms with Crippen LogP contribution in [0.15, 0.2) is 54.7 Å². The number of aromatic nitrogens is 2. The normalized spacial score (nSPS) is 18.1. The Kier molecular flexibility index (Phi) is 4.76. The zero-order valence-corrected chi connectivity index (χ0v) is 15.2. The third kappa shape index (κ3) is 3.65. The van der Waals surface area contributed by atoms with Crippen molar-refractivity contribution in [3.8, 4) is 16.9 Å². The molecule has 0 saturated carbocycles. The van der Waals surface area contributed by atoms with E-state index in [-0.39, 0.29) is 0 Å². The molecule has 26 heavy (non-hydrogen) atoms. The number of hydrogen-bond acceptors (Lipinski definition) is 3. The lowest BCUT2D eigenvalue weighted by Gasteiger charge is -2.32. The summed E-state index contributed by atoms with van der Waals surface area (Å²) in [6.45, 7) is 5.11. The molecule has 0 radical (unpaired) electrons. The highest BCUT2D eigenvalue weighted by molar-refractivity contribution is 5.66. The van der Waals surface area contributed by atoms with E-state index in [2.05, 4.69) is 52.4 Å². The molecule has 1 aromatic heterocycles. The van der Waals surface area contributed by atoms with Gasteiger partial charge in [-0.3, -0.25) is 10.00 Å². The fraction of sp³-hybridized carbons (Fsp3) is 0.318. The molecule has 3 aromatic rings. The summed E-state index contributed by atoms with van der Waals surface area (Å²) < 4.78 is 0. The molecule has 0 aliphatic carbocycles.